The molecule has 1 aliphatic rings. The first-order valence-corrected chi connectivity index (χ1v) is 6.93. The molecular weight excluding hydrogens is 252 g/mol. The van der Waals surface area contributed by atoms with E-state index in [-0.39, 0.29) is 5.91 Å². The number of hydrogen-bond acceptors (Lipinski definition) is 3. The summed E-state index contributed by atoms with van der Waals surface area (Å²) in [4.78, 5) is 14.4. The first kappa shape index (κ1) is 12.8. The van der Waals surface area contributed by atoms with Crippen LogP contribution in [0.1, 0.15) is 28.8 Å². The monoisotopic (exact) mass is 270 g/mol. The highest BCUT2D eigenvalue weighted by Crippen LogP contribution is 2.25. The summed E-state index contributed by atoms with van der Waals surface area (Å²) in [6.45, 7) is 4.27. The number of aryl methyl sites for hydroxylation is 1. The highest BCUT2D eigenvalue weighted by Gasteiger charge is 2.14. The third kappa shape index (κ3) is 2.54. The third-order valence-electron chi connectivity index (χ3n) is 3.71. The van der Waals surface area contributed by atoms with Crippen molar-refractivity contribution in [1.82, 2.24) is 0 Å². The Kier molecular flexibility index (Phi) is 3.46. The van der Waals surface area contributed by atoms with Gasteiger partial charge < -0.3 is 14.6 Å². The van der Waals surface area contributed by atoms with E-state index in [1.807, 2.05) is 13.0 Å². The fourth-order valence-electron chi connectivity index (χ4n) is 2.55. The molecule has 1 aromatic carbocycles. The normalized spacial score (nSPS) is 14.6. The van der Waals surface area contributed by atoms with E-state index in [0.29, 0.717) is 5.56 Å². The van der Waals surface area contributed by atoms with Crippen molar-refractivity contribution in [3.63, 3.8) is 0 Å². The molecule has 2 aromatic rings. The largest absolute Gasteiger partial charge is 0.472 e. The topological polar surface area (TPSA) is 45.5 Å². The maximum Gasteiger partial charge on any atom is 0.258 e. The minimum atomic E-state index is -0.143. The van der Waals surface area contributed by atoms with Gasteiger partial charge in [-0.05, 0) is 49.6 Å². The summed E-state index contributed by atoms with van der Waals surface area (Å²) in [5, 5.41) is 2.91. The molecule has 1 fully saturated rings. The number of benzene rings is 1. The van der Waals surface area contributed by atoms with Gasteiger partial charge in [-0.3, -0.25) is 4.79 Å². The number of carbonyl (C=O) groups excluding carboxylic acids is 1. The average Bonchev–Trinajstić information content (AvgIpc) is 3.14. The van der Waals surface area contributed by atoms with Crippen LogP contribution in [-0.4, -0.2) is 19.0 Å². The molecule has 104 valence electrons. The molecule has 0 atom stereocenters. The van der Waals surface area contributed by atoms with E-state index in [1.54, 1.807) is 6.07 Å². The van der Waals surface area contributed by atoms with Crippen LogP contribution in [0.2, 0.25) is 0 Å². The van der Waals surface area contributed by atoms with Crippen molar-refractivity contribution in [2.24, 2.45) is 0 Å². The standard InChI is InChI=1S/C16H18N2O2/c1-12-10-14(18-7-2-3-8-18)4-5-15(12)17-16(19)13-6-9-20-11-13/h4-6,9-11H,2-3,7-8H2,1H3,(H,17,19). The van der Waals surface area contributed by atoms with E-state index >= 15 is 0 Å². The first-order valence-electron chi connectivity index (χ1n) is 6.93. The number of amides is 1. The quantitative estimate of drug-likeness (QED) is 0.929. The van der Waals surface area contributed by atoms with Crippen molar-refractivity contribution < 1.29 is 9.21 Å². The predicted molar refractivity (Wildman–Crippen MR) is 79.3 cm³/mol. The molecule has 1 aromatic heterocycles. The van der Waals surface area contributed by atoms with Gasteiger partial charge in [-0.2, -0.15) is 0 Å². The van der Waals surface area contributed by atoms with Crippen LogP contribution in [0.5, 0.6) is 0 Å². The molecule has 0 spiro atoms. The molecule has 1 N–H and O–H groups in total. The van der Waals surface area contributed by atoms with Crippen molar-refractivity contribution in [3.05, 3.63) is 47.9 Å². The van der Waals surface area contributed by atoms with Gasteiger partial charge in [0.1, 0.15) is 6.26 Å². The van der Waals surface area contributed by atoms with E-state index in [4.69, 9.17) is 4.42 Å². The molecule has 1 saturated heterocycles. The molecule has 0 unspecified atom stereocenters. The van der Waals surface area contributed by atoms with Crippen LogP contribution in [0.15, 0.2) is 41.2 Å². The fraction of sp³-hybridized carbons (Fsp3) is 0.312. The Morgan fingerprint density at radius 3 is 2.70 bits per heavy atom. The summed E-state index contributed by atoms with van der Waals surface area (Å²) >= 11 is 0. The van der Waals surface area contributed by atoms with Gasteiger partial charge >= 0.3 is 0 Å². The summed E-state index contributed by atoms with van der Waals surface area (Å²) in [6, 6.07) is 7.84. The summed E-state index contributed by atoms with van der Waals surface area (Å²) in [6.07, 6.45) is 5.47. The van der Waals surface area contributed by atoms with Crippen LogP contribution in [-0.2, 0) is 0 Å². The lowest BCUT2D eigenvalue weighted by atomic mass is 10.1. The van der Waals surface area contributed by atoms with Gasteiger partial charge in [0.05, 0.1) is 11.8 Å². The number of anilines is 2. The van der Waals surface area contributed by atoms with E-state index in [0.717, 1.165) is 24.3 Å². The zero-order valence-electron chi connectivity index (χ0n) is 11.6. The number of nitrogens with zero attached hydrogens (tertiary/aromatic N) is 1. The Bertz CT molecular complexity index is 599. The number of nitrogens with one attached hydrogen (secondary N) is 1. The summed E-state index contributed by atoms with van der Waals surface area (Å²) in [5.41, 5.74) is 3.69. The van der Waals surface area contributed by atoms with Crippen LogP contribution in [0.4, 0.5) is 11.4 Å². The number of furan rings is 1. The van der Waals surface area contributed by atoms with Crippen molar-refractivity contribution >= 4 is 17.3 Å². The Balaban J connectivity index is 1.75. The maximum absolute atomic E-state index is 12.0. The summed E-state index contributed by atoms with van der Waals surface area (Å²) in [5.74, 6) is -0.143. The second-order valence-electron chi connectivity index (χ2n) is 5.16. The maximum atomic E-state index is 12.0. The Morgan fingerprint density at radius 2 is 2.05 bits per heavy atom. The Morgan fingerprint density at radius 1 is 1.25 bits per heavy atom. The van der Waals surface area contributed by atoms with E-state index in [9.17, 15) is 4.79 Å². The van der Waals surface area contributed by atoms with Crippen LogP contribution >= 0.6 is 0 Å². The Hall–Kier alpha value is -2.23. The highest BCUT2D eigenvalue weighted by atomic mass is 16.3. The highest BCUT2D eigenvalue weighted by molar-refractivity contribution is 6.04. The molecule has 0 aliphatic carbocycles. The lowest BCUT2D eigenvalue weighted by Gasteiger charge is -2.19. The molecule has 2 heterocycles. The van der Waals surface area contributed by atoms with Crippen molar-refractivity contribution in [3.8, 4) is 0 Å². The lowest BCUT2D eigenvalue weighted by Crippen LogP contribution is -2.18. The minimum absolute atomic E-state index is 0.143. The molecule has 4 nitrogen and oxygen atoms in total. The molecular formula is C16H18N2O2. The molecule has 1 aliphatic heterocycles. The molecule has 0 bridgehead atoms. The van der Waals surface area contributed by atoms with Crippen molar-refractivity contribution in [1.29, 1.82) is 0 Å². The molecule has 1 amide bonds. The van der Waals surface area contributed by atoms with E-state index in [2.05, 4.69) is 22.3 Å². The number of rotatable bonds is 3. The van der Waals surface area contributed by atoms with Gasteiger partial charge in [-0.25, -0.2) is 0 Å². The van der Waals surface area contributed by atoms with E-state index < -0.39 is 0 Å². The molecule has 4 heteroatoms. The number of carbonyl (C=O) groups is 1. The zero-order chi connectivity index (χ0) is 13.9. The Labute approximate surface area is 118 Å². The smallest absolute Gasteiger partial charge is 0.258 e. The SMILES string of the molecule is Cc1cc(N2CCCC2)ccc1NC(=O)c1ccoc1. The second kappa shape index (κ2) is 5.41. The average molecular weight is 270 g/mol. The van der Waals surface area contributed by atoms with Crippen LogP contribution in [0.25, 0.3) is 0 Å². The van der Waals surface area contributed by atoms with Crippen LogP contribution in [0, 0.1) is 6.92 Å². The van der Waals surface area contributed by atoms with Gasteiger partial charge in [-0.15, -0.1) is 0 Å². The van der Waals surface area contributed by atoms with Gasteiger partial charge in [0.25, 0.3) is 5.91 Å². The van der Waals surface area contributed by atoms with Crippen molar-refractivity contribution in [2.75, 3.05) is 23.3 Å². The van der Waals surface area contributed by atoms with Crippen molar-refractivity contribution in [2.45, 2.75) is 19.8 Å². The molecule has 0 radical (unpaired) electrons. The van der Waals surface area contributed by atoms with Crippen LogP contribution in [0.3, 0.4) is 0 Å². The first-order chi connectivity index (χ1) is 9.74. The van der Waals surface area contributed by atoms with Gasteiger partial charge in [0.15, 0.2) is 0 Å². The predicted octanol–water partition coefficient (Wildman–Crippen LogP) is 3.44. The third-order valence-corrected chi connectivity index (χ3v) is 3.71. The summed E-state index contributed by atoms with van der Waals surface area (Å²) in [7, 11) is 0. The summed E-state index contributed by atoms with van der Waals surface area (Å²) < 4.78 is 4.92. The molecule has 20 heavy (non-hydrogen) atoms. The lowest BCUT2D eigenvalue weighted by molar-refractivity contribution is 0.102. The van der Waals surface area contributed by atoms with Crippen LogP contribution < -0.4 is 10.2 Å². The van der Waals surface area contributed by atoms with Gasteiger partial charge in [0, 0.05) is 24.5 Å². The van der Waals surface area contributed by atoms with E-state index in [1.165, 1.54) is 31.1 Å². The minimum Gasteiger partial charge on any atom is -0.472 e. The molecule has 3 rings (SSSR count). The number of hydrogen-bond donors (Lipinski definition) is 1. The van der Waals surface area contributed by atoms with Gasteiger partial charge in [0.2, 0.25) is 0 Å². The second-order valence-corrected chi connectivity index (χ2v) is 5.16. The molecule has 0 saturated carbocycles. The fourth-order valence-corrected chi connectivity index (χ4v) is 2.55. The zero-order valence-corrected chi connectivity index (χ0v) is 11.6. The van der Waals surface area contributed by atoms with Gasteiger partial charge in [-0.1, -0.05) is 0 Å².